The van der Waals surface area contributed by atoms with Crippen LogP contribution in [0.2, 0.25) is 0 Å². The van der Waals surface area contributed by atoms with E-state index < -0.39 is 0 Å². The molecule has 11 rings (SSSR count). The minimum absolute atomic E-state index is 0.185. The Morgan fingerprint density at radius 1 is 0.269 bits per heavy atom. The van der Waals surface area contributed by atoms with E-state index in [0.29, 0.717) is 5.58 Å². The van der Waals surface area contributed by atoms with Crippen LogP contribution in [0.5, 0.6) is 5.75 Å². The summed E-state index contributed by atoms with van der Waals surface area (Å²) in [5.41, 5.74) is 13.1. The fourth-order valence-corrected chi connectivity index (χ4v) is 7.76. The van der Waals surface area contributed by atoms with Crippen molar-refractivity contribution in [3.05, 3.63) is 164 Å². The lowest BCUT2D eigenvalue weighted by atomic mass is 9.96. The number of hydrogen-bond acceptors (Lipinski definition) is 4. The molecule has 4 heteroatoms. The van der Waals surface area contributed by atoms with E-state index in [1.165, 1.54) is 5.56 Å². The zero-order valence-corrected chi connectivity index (χ0v) is 27.8. The lowest BCUT2D eigenvalue weighted by Crippen LogP contribution is -1.83. The first-order valence-corrected chi connectivity index (χ1v) is 17.4. The van der Waals surface area contributed by atoms with Crippen molar-refractivity contribution in [2.45, 2.75) is 0 Å². The standard InChI is InChI=1S/C48H28O4/c49-42-26-46-39(24-35(42)34-13-7-12-30(20-34)28-8-3-1-4-9-28)37-22-32(15-18-43(37)50-46)33-16-19-45-38(23-33)41-25-40-36-21-31(29-10-5-2-6-11-29)14-17-44(36)51-47(40)27-48(41)52-45/h1-27,49H. The average molecular weight is 669 g/mol. The molecule has 3 heterocycles. The zero-order valence-electron chi connectivity index (χ0n) is 27.8. The van der Waals surface area contributed by atoms with Crippen molar-refractivity contribution >= 4 is 65.8 Å². The van der Waals surface area contributed by atoms with Gasteiger partial charge in [0.2, 0.25) is 0 Å². The molecule has 0 aliphatic heterocycles. The van der Waals surface area contributed by atoms with Gasteiger partial charge in [-0.25, -0.2) is 0 Å². The van der Waals surface area contributed by atoms with Crippen LogP contribution in [0.4, 0.5) is 0 Å². The number of fused-ring (bicyclic) bond motifs is 9. The Morgan fingerprint density at radius 2 is 0.673 bits per heavy atom. The second kappa shape index (κ2) is 11.0. The SMILES string of the molecule is Oc1cc2oc3ccc(-c4ccc5oc6cc7oc8ccc(-c9ccccc9)cc8c7cc6c5c4)cc3c2cc1-c1cccc(-c2ccccc2)c1. The van der Waals surface area contributed by atoms with E-state index in [-0.39, 0.29) is 5.75 Å². The molecule has 0 amide bonds. The van der Waals surface area contributed by atoms with Crippen molar-refractivity contribution in [2.75, 3.05) is 0 Å². The molecule has 52 heavy (non-hydrogen) atoms. The molecule has 0 bridgehead atoms. The molecule has 1 N–H and O–H groups in total. The van der Waals surface area contributed by atoms with Gasteiger partial charge in [0.1, 0.15) is 39.2 Å². The van der Waals surface area contributed by atoms with E-state index in [9.17, 15) is 5.11 Å². The van der Waals surface area contributed by atoms with Gasteiger partial charge in [0.25, 0.3) is 0 Å². The molecule has 8 aromatic carbocycles. The molecular weight excluding hydrogens is 641 g/mol. The summed E-state index contributed by atoms with van der Waals surface area (Å²) in [5, 5.41) is 17.3. The van der Waals surface area contributed by atoms with Gasteiger partial charge in [-0.3, -0.25) is 0 Å². The summed E-state index contributed by atoms with van der Waals surface area (Å²) in [6, 6.07) is 56.0. The highest BCUT2D eigenvalue weighted by Gasteiger charge is 2.17. The van der Waals surface area contributed by atoms with Gasteiger partial charge in [-0.1, -0.05) is 97.1 Å². The van der Waals surface area contributed by atoms with E-state index in [1.807, 2.05) is 60.7 Å². The minimum atomic E-state index is 0.185. The average Bonchev–Trinajstić information content (AvgIpc) is 3.86. The quantitative estimate of drug-likeness (QED) is 0.203. The predicted molar refractivity (Wildman–Crippen MR) is 212 cm³/mol. The molecule has 0 saturated carbocycles. The molecule has 0 radical (unpaired) electrons. The minimum Gasteiger partial charge on any atom is -0.507 e. The van der Waals surface area contributed by atoms with Crippen molar-refractivity contribution in [3.63, 3.8) is 0 Å². The summed E-state index contributed by atoms with van der Waals surface area (Å²) in [5.74, 6) is 0.185. The first-order valence-electron chi connectivity index (χ1n) is 17.4. The Morgan fingerprint density at radius 3 is 1.21 bits per heavy atom. The number of furan rings is 3. The highest BCUT2D eigenvalue weighted by molar-refractivity contribution is 6.16. The van der Waals surface area contributed by atoms with Gasteiger partial charge in [-0.2, -0.15) is 0 Å². The van der Waals surface area contributed by atoms with Gasteiger partial charge in [-0.15, -0.1) is 0 Å². The third kappa shape index (κ3) is 4.48. The topological polar surface area (TPSA) is 59.7 Å². The molecule has 0 fully saturated rings. The summed E-state index contributed by atoms with van der Waals surface area (Å²) in [6.45, 7) is 0. The molecule has 0 aliphatic rings. The predicted octanol–water partition coefficient (Wildman–Crippen LogP) is 13.8. The van der Waals surface area contributed by atoms with E-state index >= 15 is 0 Å². The first kappa shape index (κ1) is 28.8. The number of hydrogen-bond donors (Lipinski definition) is 1. The Kier molecular flexibility index (Phi) is 6.07. The molecule has 0 saturated heterocycles. The summed E-state index contributed by atoms with van der Waals surface area (Å²) in [6.07, 6.45) is 0. The smallest absolute Gasteiger partial charge is 0.139 e. The van der Waals surface area contributed by atoms with Crippen molar-refractivity contribution in [3.8, 4) is 50.3 Å². The maximum atomic E-state index is 11.1. The number of rotatable bonds is 4. The molecule has 244 valence electrons. The van der Waals surface area contributed by atoms with Crippen LogP contribution in [0.15, 0.2) is 177 Å². The Labute approximate surface area is 297 Å². The molecule has 11 aromatic rings. The highest BCUT2D eigenvalue weighted by atomic mass is 16.3. The highest BCUT2D eigenvalue weighted by Crippen LogP contribution is 2.42. The lowest BCUT2D eigenvalue weighted by Gasteiger charge is -2.08. The lowest BCUT2D eigenvalue weighted by molar-refractivity contribution is 0.477. The molecule has 0 aliphatic carbocycles. The van der Waals surface area contributed by atoms with Crippen molar-refractivity contribution in [1.29, 1.82) is 0 Å². The second-order valence-corrected chi connectivity index (χ2v) is 13.5. The summed E-state index contributed by atoms with van der Waals surface area (Å²) >= 11 is 0. The third-order valence-corrected chi connectivity index (χ3v) is 10.4. The number of aromatic hydroxyl groups is 1. The van der Waals surface area contributed by atoms with E-state index in [2.05, 4.69) is 97.1 Å². The van der Waals surface area contributed by atoms with Crippen molar-refractivity contribution in [2.24, 2.45) is 0 Å². The van der Waals surface area contributed by atoms with E-state index in [4.69, 9.17) is 13.3 Å². The largest absolute Gasteiger partial charge is 0.507 e. The van der Waals surface area contributed by atoms with Crippen molar-refractivity contribution < 1.29 is 18.4 Å². The van der Waals surface area contributed by atoms with Crippen LogP contribution in [0.1, 0.15) is 0 Å². The van der Waals surface area contributed by atoms with Crippen molar-refractivity contribution in [1.82, 2.24) is 0 Å². The normalized spacial score (nSPS) is 11.9. The van der Waals surface area contributed by atoms with Gasteiger partial charge in [0.05, 0.1) is 0 Å². The maximum absolute atomic E-state index is 11.1. The number of phenolic OH excluding ortho intramolecular Hbond substituents is 1. The van der Waals surface area contributed by atoms with Crippen LogP contribution in [-0.2, 0) is 0 Å². The third-order valence-electron chi connectivity index (χ3n) is 10.4. The molecule has 0 unspecified atom stereocenters. The van der Waals surface area contributed by atoms with Crippen LogP contribution in [0.25, 0.3) is 110 Å². The van der Waals surface area contributed by atoms with E-state index in [1.54, 1.807) is 6.07 Å². The van der Waals surface area contributed by atoms with Gasteiger partial charge in [0, 0.05) is 50.0 Å². The Bertz CT molecular complexity index is 3180. The second-order valence-electron chi connectivity index (χ2n) is 13.5. The maximum Gasteiger partial charge on any atom is 0.139 e. The molecular formula is C48H28O4. The monoisotopic (exact) mass is 668 g/mol. The van der Waals surface area contributed by atoms with E-state index in [0.717, 1.165) is 99.2 Å². The Hall–Kier alpha value is -7.04. The van der Waals surface area contributed by atoms with Crippen LogP contribution in [0.3, 0.4) is 0 Å². The number of phenols is 1. The van der Waals surface area contributed by atoms with Crippen LogP contribution in [-0.4, -0.2) is 5.11 Å². The number of benzene rings is 8. The Balaban J connectivity index is 1.03. The fourth-order valence-electron chi connectivity index (χ4n) is 7.76. The molecule has 0 spiro atoms. The van der Waals surface area contributed by atoms with Gasteiger partial charge < -0.3 is 18.4 Å². The summed E-state index contributed by atoms with van der Waals surface area (Å²) < 4.78 is 18.9. The zero-order chi connectivity index (χ0) is 34.3. The van der Waals surface area contributed by atoms with Gasteiger partial charge in [-0.05, 0) is 93.5 Å². The molecule has 3 aromatic heterocycles. The van der Waals surface area contributed by atoms with Gasteiger partial charge >= 0.3 is 0 Å². The molecule has 0 atom stereocenters. The van der Waals surface area contributed by atoms with Gasteiger partial charge in [0.15, 0.2) is 0 Å². The van der Waals surface area contributed by atoms with Crippen LogP contribution < -0.4 is 0 Å². The molecule has 4 nitrogen and oxygen atoms in total. The summed E-state index contributed by atoms with van der Waals surface area (Å²) in [4.78, 5) is 0. The summed E-state index contributed by atoms with van der Waals surface area (Å²) in [7, 11) is 0. The first-order chi connectivity index (χ1) is 25.6. The fraction of sp³-hybridized carbons (Fsp3) is 0. The van der Waals surface area contributed by atoms with Crippen LogP contribution >= 0.6 is 0 Å². The van der Waals surface area contributed by atoms with Crippen LogP contribution in [0, 0.1) is 0 Å².